The van der Waals surface area contributed by atoms with E-state index in [1.807, 2.05) is 41.2 Å². The summed E-state index contributed by atoms with van der Waals surface area (Å²) in [6.45, 7) is 1.12. The Bertz CT molecular complexity index is 602. The number of amides is 1. The van der Waals surface area contributed by atoms with Gasteiger partial charge in [0.1, 0.15) is 0 Å². The van der Waals surface area contributed by atoms with Gasteiger partial charge >= 0.3 is 0 Å². The number of nitrogens with two attached hydrogens (primary N) is 1. The van der Waals surface area contributed by atoms with Gasteiger partial charge in [-0.3, -0.25) is 9.48 Å². The largest absolute Gasteiger partial charge is 0.329 e. The fraction of sp³-hybridized carbons (Fsp3) is 0.333. The zero-order valence-electron chi connectivity index (χ0n) is 11.2. The topological polar surface area (TPSA) is 72.9 Å². The fourth-order valence-electron chi connectivity index (χ4n) is 2.27. The van der Waals surface area contributed by atoms with Crippen LogP contribution in [0.15, 0.2) is 42.7 Å². The van der Waals surface area contributed by atoms with E-state index in [0.29, 0.717) is 13.1 Å². The van der Waals surface area contributed by atoms with Crippen molar-refractivity contribution in [1.29, 1.82) is 0 Å². The third-order valence-electron chi connectivity index (χ3n) is 3.81. The van der Waals surface area contributed by atoms with Crippen LogP contribution in [0.4, 0.5) is 5.69 Å². The molecule has 1 saturated carbocycles. The Morgan fingerprint density at radius 1 is 1.40 bits per heavy atom. The number of nitrogens with one attached hydrogen (secondary N) is 1. The van der Waals surface area contributed by atoms with Crippen LogP contribution < -0.4 is 11.1 Å². The van der Waals surface area contributed by atoms with Crippen molar-refractivity contribution in [3.05, 3.63) is 48.3 Å². The molecule has 0 spiro atoms. The number of carbonyl (C=O) groups excluding carboxylic acids is 1. The van der Waals surface area contributed by atoms with Crippen LogP contribution in [-0.2, 0) is 11.3 Å². The quantitative estimate of drug-likeness (QED) is 0.867. The van der Waals surface area contributed by atoms with Crippen molar-refractivity contribution in [2.75, 3.05) is 11.9 Å². The van der Waals surface area contributed by atoms with Gasteiger partial charge in [-0.05, 0) is 36.6 Å². The third-order valence-corrected chi connectivity index (χ3v) is 3.81. The molecule has 0 saturated heterocycles. The minimum absolute atomic E-state index is 0.0382. The van der Waals surface area contributed by atoms with Crippen molar-refractivity contribution in [2.24, 2.45) is 11.1 Å². The SMILES string of the molecule is NCC1(C(=O)Nc2cccc(Cn3cccn3)c2)CC1. The fourth-order valence-corrected chi connectivity index (χ4v) is 2.27. The van der Waals surface area contributed by atoms with E-state index in [4.69, 9.17) is 5.73 Å². The molecule has 1 amide bonds. The Kier molecular flexibility index (Phi) is 3.28. The van der Waals surface area contributed by atoms with Crippen LogP contribution in [0.5, 0.6) is 0 Å². The molecule has 1 heterocycles. The maximum atomic E-state index is 12.1. The number of carbonyl (C=O) groups is 1. The number of hydrogen-bond donors (Lipinski definition) is 2. The Morgan fingerprint density at radius 2 is 2.25 bits per heavy atom. The maximum absolute atomic E-state index is 12.1. The number of rotatable bonds is 5. The van der Waals surface area contributed by atoms with E-state index in [0.717, 1.165) is 24.1 Å². The minimum atomic E-state index is -0.321. The first-order valence-electron chi connectivity index (χ1n) is 6.80. The molecule has 5 nitrogen and oxygen atoms in total. The molecular formula is C15H18N4O. The number of anilines is 1. The first-order valence-corrected chi connectivity index (χ1v) is 6.80. The van der Waals surface area contributed by atoms with Crippen LogP contribution in [-0.4, -0.2) is 22.2 Å². The van der Waals surface area contributed by atoms with E-state index < -0.39 is 0 Å². The molecule has 0 atom stereocenters. The molecule has 2 aromatic rings. The number of hydrogen-bond acceptors (Lipinski definition) is 3. The second kappa shape index (κ2) is 5.09. The van der Waals surface area contributed by atoms with E-state index in [1.165, 1.54) is 0 Å². The Hall–Kier alpha value is -2.14. The summed E-state index contributed by atoms with van der Waals surface area (Å²) < 4.78 is 1.85. The second-order valence-electron chi connectivity index (χ2n) is 5.34. The monoisotopic (exact) mass is 270 g/mol. The lowest BCUT2D eigenvalue weighted by molar-refractivity contribution is -0.120. The van der Waals surface area contributed by atoms with Gasteiger partial charge in [0.25, 0.3) is 0 Å². The molecule has 5 heteroatoms. The lowest BCUT2D eigenvalue weighted by atomic mass is 10.1. The summed E-state index contributed by atoms with van der Waals surface area (Å²) in [5, 5.41) is 7.14. The number of aromatic nitrogens is 2. The normalized spacial score (nSPS) is 15.8. The van der Waals surface area contributed by atoms with Gasteiger partial charge in [-0.15, -0.1) is 0 Å². The molecule has 3 rings (SSSR count). The van der Waals surface area contributed by atoms with Gasteiger partial charge in [0.2, 0.25) is 5.91 Å². The first-order chi connectivity index (χ1) is 9.72. The lowest BCUT2D eigenvalue weighted by Crippen LogP contribution is -2.30. The molecule has 1 fully saturated rings. The maximum Gasteiger partial charge on any atom is 0.231 e. The van der Waals surface area contributed by atoms with Crippen molar-refractivity contribution in [2.45, 2.75) is 19.4 Å². The molecular weight excluding hydrogens is 252 g/mol. The predicted molar refractivity (Wildman–Crippen MR) is 77.1 cm³/mol. The van der Waals surface area contributed by atoms with Crippen molar-refractivity contribution in [3.8, 4) is 0 Å². The number of nitrogens with zero attached hydrogens (tertiary/aromatic N) is 2. The van der Waals surface area contributed by atoms with Crippen LogP contribution in [0.25, 0.3) is 0 Å². The van der Waals surface area contributed by atoms with Crippen LogP contribution in [0.3, 0.4) is 0 Å². The highest BCUT2D eigenvalue weighted by molar-refractivity contribution is 5.97. The van der Waals surface area contributed by atoms with Crippen molar-refractivity contribution >= 4 is 11.6 Å². The van der Waals surface area contributed by atoms with Gasteiger partial charge in [-0.1, -0.05) is 12.1 Å². The Morgan fingerprint density at radius 3 is 2.90 bits per heavy atom. The zero-order valence-corrected chi connectivity index (χ0v) is 11.2. The minimum Gasteiger partial charge on any atom is -0.329 e. The molecule has 0 radical (unpaired) electrons. The van der Waals surface area contributed by atoms with Crippen LogP contribution in [0.1, 0.15) is 18.4 Å². The van der Waals surface area contributed by atoms with Crippen molar-refractivity contribution in [3.63, 3.8) is 0 Å². The zero-order chi connectivity index (χ0) is 14.0. The van der Waals surface area contributed by atoms with Gasteiger partial charge in [-0.2, -0.15) is 5.10 Å². The van der Waals surface area contributed by atoms with Crippen molar-refractivity contribution < 1.29 is 4.79 Å². The molecule has 1 aromatic heterocycles. The van der Waals surface area contributed by atoms with Gasteiger partial charge in [0.05, 0.1) is 12.0 Å². The van der Waals surface area contributed by atoms with Crippen molar-refractivity contribution in [1.82, 2.24) is 9.78 Å². The lowest BCUT2D eigenvalue weighted by Gasteiger charge is -2.13. The summed E-state index contributed by atoms with van der Waals surface area (Å²) in [4.78, 5) is 12.1. The van der Waals surface area contributed by atoms with Crippen LogP contribution >= 0.6 is 0 Å². The molecule has 1 aliphatic carbocycles. The van der Waals surface area contributed by atoms with Crippen LogP contribution in [0, 0.1) is 5.41 Å². The molecule has 1 aromatic carbocycles. The summed E-state index contributed by atoms with van der Waals surface area (Å²) >= 11 is 0. The molecule has 104 valence electrons. The summed E-state index contributed by atoms with van der Waals surface area (Å²) in [5.74, 6) is 0.0382. The highest BCUT2D eigenvalue weighted by atomic mass is 16.2. The first kappa shape index (κ1) is 12.9. The highest BCUT2D eigenvalue weighted by Gasteiger charge is 2.48. The van der Waals surface area contributed by atoms with Gasteiger partial charge < -0.3 is 11.1 Å². The standard InChI is InChI=1S/C15H18N4O/c16-11-15(5-6-15)14(20)18-13-4-1-3-12(9-13)10-19-8-2-7-17-19/h1-4,7-9H,5-6,10-11,16H2,(H,18,20). The molecule has 20 heavy (non-hydrogen) atoms. The predicted octanol–water partition coefficient (Wildman–Crippen LogP) is 1.61. The van der Waals surface area contributed by atoms with Gasteiger partial charge in [0, 0.05) is 24.6 Å². The summed E-state index contributed by atoms with van der Waals surface area (Å²) in [7, 11) is 0. The average Bonchev–Trinajstić information content (AvgIpc) is 3.11. The van der Waals surface area contributed by atoms with E-state index >= 15 is 0 Å². The van der Waals surface area contributed by atoms with Gasteiger partial charge in [0.15, 0.2) is 0 Å². The summed E-state index contributed by atoms with van der Waals surface area (Å²) in [5.41, 5.74) is 7.27. The summed E-state index contributed by atoms with van der Waals surface area (Å²) in [6, 6.07) is 9.73. The van der Waals surface area contributed by atoms with E-state index in [1.54, 1.807) is 6.20 Å². The van der Waals surface area contributed by atoms with E-state index in [9.17, 15) is 4.79 Å². The van der Waals surface area contributed by atoms with E-state index in [-0.39, 0.29) is 11.3 Å². The highest BCUT2D eigenvalue weighted by Crippen LogP contribution is 2.45. The number of benzene rings is 1. The Balaban J connectivity index is 1.70. The summed E-state index contributed by atoms with van der Waals surface area (Å²) in [6.07, 6.45) is 5.45. The van der Waals surface area contributed by atoms with Gasteiger partial charge in [-0.25, -0.2) is 0 Å². The second-order valence-corrected chi connectivity index (χ2v) is 5.34. The molecule has 0 aliphatic heterocycles. The van der Waals surface area contributed by atoms with Crippen LogP contribution in [0.2, 0.25) is 0 Å². The third kappa shape index (κ3) is 2.58. The molecule has 0 bridgehead atoms. The average molecular weight is 270 g/mol. The smallest absolute Gasteiger partial charge is 0.231 e. The Labute approximate surface area is 117 Å². The molecule has 3 N–H and O–H groups in total. The van der Waals surface area contributed by atoms with E-state index in [2.05, 4.69) is 10.4 Å². The molecule has 1 aliphatic rings. The molecule has 0 unspecified atom stereocenters.